The molecule has 100 valence electrons. The van der Waals surface area contributed by atoms with Gasteiger partial charge >= 0.3 is 5.97 Å². The molecular formula is C12H20N4O2. The summed E-state index contributed by atoms with van der Waals surface area (Å²) in [5.74, 6) is 0.140. The molecule has 0 spiro atoms. The predicted octanol–water partition coefficient (Wildman–Crippen LogP) is 1.13. The van der Waals surface area contributed by atoms with Crippen LogP contribution in [0.3, 0.4) is 0 Å². The number of aromatic nitrogens is 3. The lowest BCUT2D eigenvalue weighted by molar-refractivity contribution is -0.144. The van der Waals surface area contributed by atoms with Crippen molar-refractivity contribution in [2.24, 2.45) is 0 Å². The molecular weight excluding hydrogens is 232 g/mol. The van der Waals surface area contributed by atoms with Gasteiger partial charge in [0.1, 0.15) is 18.2 Å². The molecule has 1 saturated heterocycles. The number of nitrogens with zero attached hydrogens (tertiary/aromatic N) is 4. The number of carbonyl (C=O) groups is 1. The van der Waals surface area contributed by atoms with Gasteiger partial charge in [-0.1, -0.05) is 13.3 Å². The third kappa shape index (κ3) is 2.87. The number of hydrogen-bond acceptors (Lipinski definition) is 4. The number of aliphatic carboxylic acids is 1. The molecule has 1 unspecified atom stereocenters. The van der Waals surface area contributed by atoms with Crippen molar-refractivity contribution in [1.82, 2.24) is 19.7 Å². The van der Waals surface area contributed by atoms with Crippen LogP contribution in [-0.4, -0.2) is 43.3 Å². The molecule has 2 rings (SSSR count). The molecule has 0 bridgehead atoms. The molecule has 1 aromatic heterocycles. The second-order valence-electron chi connectivity index (χ2n) is 4.72. The highest BCUT2D eigenvalue weighted by Gasteiger charge is 2.29. The van der Waals surface area contributed by atoms with Crippen LogP contribution in [0.1, 0.15) is 38.4 Å². The zero-order valence-electron chi connectivity index (χ0n) is 10.7. The van der Waals surface area contributed by atoms with Crippen LogP contribution in [0, 0.1) is 0 Å². The van der Waals surface area contributed by atoms with E-state index in [0.29, 0.717) is 6.54 Å². The number of carboxylic acid groups (broad SMARTS) is 1. The largest absolute Gasteiger partial charge is 0.480 e. The molecule has 0 aromatic carbocycles. The summed E-state index contributed by atoms with van der Waals surface area (Å²) in [4.78, 5) is 17.5. The van der Waals surface area contributed by atoms with Crippen LogP contribution in [0.15, 0.2) is 6.33 Å². The van der Waals surface area contributed by atoms with E-state index >= 15 is 0 Å². The van der Waals surface area contributed by atoms with Gasteiger partial charge in [-0.2, -0.15) is 5.10 Å². The first-order valence-electron chi connectivity index (χ1n) is 6.56. The molecule has 1 atom stereocenters. The number of rotatable bonds is 5. The maximum atomic E-state index is 11.2. The molecule has 0 radical (unpaired) electrons. The van der Waals surface area contributed by atoms with Gasteiger partial charge in [0.25, 0.3) is 0 Å². The Labute approximate surface area is 107 Å². The van der Waals surface area contributed by atoms with Crippen molar-refractivity contribution >= 4 is 5.97 Å². The van der Waals surface area contributed by atoms with E-state index in [1.165, 1.54) is 0 Å². The fraction of sp³-hybridized carbons (Fsp3) is 0.750. The van der Waals surface area contributed by atoms with E-state index in [2.05, 4.69) is 17.0 Å². The molecule has 1 N–H and O–H groups in total. The van der Waals surface area contributed by atoms with Crippen molar-refractivity contribution < 1.29 is 9.90 Å². The summed E-state index contributed by atoms with van der Waals surface area (Å²) in [7, 11) is 0. The number of likely N-dealkylation sites (tertiary alicyclic amines) is 1. The number of hydrogen-bond donors (Lipinski definition) is 1. The molecule has 2 heterocycles. The van der Waals surface area contributed by atoms with Crippen LogP contribution < -0.4 is 0 Å². The van der Waals surface area contributed by atoms with Crippen LogP contribution in [0.4, 0.5) is 0 Å². The lowest BCUT2D eigenvalue weighted by Gasteiger charge is -2.32. The topological polar surface area (TPSA) is 71.2 Å². The Balaban J connectivity index is 2.06. The second-order valence-corrected chi connectivity index (χ2v) is 4.72. The first kappa shape index (κ1) is 13.0. The maximum Gasteiger partial charge on any atom is 0.320 e. The third-order valence-electron chi connectivity index (χ3n) is 3.37. The quantitative estimate of drug-likeness (QED) is 0.850. The summed E-state index contributed by atoms with van der Waals surface area (Å²) in [5, 5.41) is 13.4. The second kappa shape index (κ2) is 5.95. The van der Waals surface area contributed by atoms with E-state index in [9.17, 15) is 9.90 Å². The first-order chi connectivity index (χ1) is 8.72. The van der Waals surface area contributed by atoms with Crippen molar-refractivity contribution in [3.05, 3.63) is 12.2 Å². The standard InChI is InChI=1S/C12H20N4O2/c1-2-6-16-11(13-9-14-16)8-15-7-4-3-5-10(15)12(17)18/h9-10H,2-8H2,1H3,(H,17,18). The Morgan fingerprint density at radius 2 is 2.39 bits per heavy atom. The van der Waals surface area contributed by atoms with E-state index in [0.717, 1.165) is 44.6 Å². The van der Waals surface area contributed by atoms with E-state index in [-0.39, 0.29) is 6.04 Å². The van der Waals surface area contributed by atoms with E-state index < -0.39 is 5.97 Å². The Bertz CT molecular complexity index is 405. The molecule has 1 aliphatic rings. The summed E-state index contributed by atoms with van der Waals surface area (Å²) in [5.41, 5.74) is 0. The average molecular weight is 252 g/mol. The normalized spacial score (nSPS) is 21.1. The Hall–Kier alpha value is -1.43. The minimum atomic E-state index is -0.726. The van der Waals surface area contributed by atoms with Gasteiger partial charge in [-0.05, 0) is 25.8 Å². The molecule has 0 saturated carbocycles. The average Bonchev–Trinajstić information content (AvgIpc) is 2.78. The molecule has 1 aromatic rings. The van der Waals surface area contributed by atoms with Gasteiger partial charge in [0.2, 0.25) is 0 Å². The van der Waals surface area contributed by atoms with Crippen molar-refractivity contribution in [3.8, 4) is 0 Å². The number of aryl methyl sites for hydroxylation is 1. The molecule has 0 amide bonds. The van der Waals surface area contributed by atoms with Crippen molar-refractivity contribution in [2.75, 3.05) is 6.54 Å². The Morgan fingerprint density at radius 1 is 1.56 bits per heavy atom. The minimum absolute atomic E-state index is 0.370. The van der Waals surface area contributed by atoms with Crippen LogP contribution in [0.25, 0.3) is 0 Å². The summed E-state index contributed by atoms with van der Waals surface area (Å²) in [6, 6.07) is -0.370. The van der Waals surface area contributed by atoms with E-state index in [1.807, 2.05) is 9.58 Å². The first-order valence-corrected chi connectivity index (χ1v) is 6.56. The van der Waals surface area contributed by atoms with Gasteiger partial charge in [0.05, 0.1) is 6.54 Å². The smallest absolute Gasteiger partial charge is 0.320 e. The van der Waals surface area contributed by atoms with Gasteiger partial charge in [0.15, 0.2) is 0 Å². The molecule has 18 heavy (non-hydrogen) atoms. The van der Waals surface area contributed by atoms with Crippen LogP contribution in [0.2, 0.25) is 0 Å². The Kier molecular flexibility index (Phi) is 4.30. The van der Waals surface area contributed by atoms with Gasteiger partial charge in [-0.15, -0.1) is 0 Å². The molecule has 1 aliphatic heterocycles. The fourth-order valence-electron chi connectivity index (χ4n) is 2.45. The van der Waals surface area contributed by atoms with Gasteiger partial charge in [-0.25, -0.2) is 9.67 Å². The SMILES string of the molecule is CCCn1ncnc1CN1CCCCC1C(=O)O. The fourth-order valence-corrected chi connectivity index (χ4v) is 2.45. The van der Waals surface area contributed by atoms with E-state index in [4.69, 9.17) is 0 Å². The van der Waals surface area contributed by atoms with Gasteiger partial charge in [-0.3, -0.25) is 9.69 Å². The minimum Gasteiger partial charge on any atom is -0.480 e. The van der Waals surface area contributed by atoms with Gasteiger partial charge < -0.3 is 5.11 Å². The molecule has 6 heteroatoms. The number of carboxylic acids is 1. The summed E-state index contributed by atoms with van der Waals surface area (Å²) in [6.07, 6.45) is 5.33. The van der Waals surface area contributed by atoms with Gasteiger partial charge in [0, 0.05) is 6.54 Å². The highest BCUT2D eigenvalue weighted by Crippen LogP contribution is 2.19. The maximum absolute atomic E-state index is 11.2. The molecule has 1 fully saturated rings. The third-order valence-corrected chi connectivity index (χ3v) is 3.37. The van der Waals surface area contributed by atoms with Crippen molar-refractivity contribution in [2.45, 2.75) is 51.7 Å². The Morgan fingerprint density at radius 3 is 3.11 bits per heavy atom. The highest BCUT2D eigenvalue weighted by molar-refractivity contribution is 5.73. The summed E-state index contributed by atoms with van der Waals surface area (Å²) in [6.45, 7) is 4.33. The lowest BCUT2D eigenvalue weighted by atomic mass is 10.0. The molecule has 0 aliphatic carbocycles. The monoisotopic (exact) mass is 252 g/mol. The zero-order chi connectivity index (χ0) is 13.0. The van der Waals surface area contributed by atoms with Crippen molar-refractivity contribution in [1.29, 1.82) is 0 Å². The number of piperidine rings is 1. The van der Waals surface area contributed by atoms with Crippen LogP contribution in [-0.2, 0) is 17.9 Å². The summed E-state index contributed by atoms with van der Waals surface area (Å²) < 4.78 is 1.87. The predicted molar refractivity (Wildman–Crippen MR) is 66.0 cm³/mol. The summed E-state index contributed by atoms with van der Waals surface area (Å²) >= 11 is 0. The van der Waals surface area contributed by atoms with Crippen molar-refractivity contribution in [3.63, 3.8) is 0 Å². The highest BCUT2D eigenvalue weighted by atomic mass is 16.4. The lowest BCUT2D eigenvalue weighted by Crippen LogP contribution is -2.44. The zero-order valence-corrected chi connectivity index (χ0v) is 10.7. The molecule has 6 nitrogen and oxygen atoms in total. The van der Waals surface area contributed by atoms with Crippen LogP contribution in [0.5, 0.6) is 0 Å². The van der Waals surface area contributed by atoms with E-state index in [1.54, 1.807) is 6.33 Å². The van der Waals surface area contributed by atoms with Crippen LogP contribution >= 0.6 is 0 Å².